The summed E-state index contributed by atoms with van der Waals surface area (Å²) < 4.78 is 4.71. The van der Waals surface area contributed by atoms with Gasteiger partial charge >= 0.3 is 0 Å². The van der Waals surface area contributed by atoms with Gasteiger partial charge in [-0.15, -0.1) is 0 Å². The number of hydrogen-bond donors (Lipinski definition) is 0. The lowest BCUT2D eigenvalue weighted by atomic mass is 9.95. The molecule has 0 saturated carbocycles. The van der Waals surface area contributed by atoms with Crippen LogP contribution < -0.4 is 0 Å². The monoisotopic (exact) mass is 584 g/mol. The van der Waals surface area contributed by atoms with Crippen LogP contribution in [0.3, 0.4) is 0 Å². The molecule has 2 aromatic heterocycles. The predicted molar refractivity (Wildman–Crippen MR) is 187 cm³/mol. The highest BCUT2D eigenvalue weighted by Crippen LogP contribution is 2.42. The Morgan fingerprint density at radius 2 is 1.09 bits per heavy atom. The SMILES string of the molecule is N#Cc1cccc(C#N)c1-c1cccc(-n2c3ccccc3c3c2ccc2c4ccccc4n(-c4ccc5ccccc5c4)c23)c1. The van der Waals surface area contributed by atoms with E-state index in [1.807, 2.05) is 12.1 Å². The molecule has 46 heavy (non-hydrogen) atoms. The van der Waals surface area contributed by atoms with Crippen molar-refractivity contribution in [2.45, 2.75) is 0 Å². The Morgan fingerprint density at radius 1 is 0.435 bits per heavy atom. The van der Waals surface area contributed by atoms with Crippen molar-refractivity contribution in [3.05, 3.63) is 157 Å². The van der Waals surface area contributed by atoms with Crippen molar-refractivity contribution < 1.29 is 0 Å². The number of hydrogen-bond acceptors (Lipinski definition) is 2. The van der Waals surface area contributed by atoms with Crippen molar-refractivity contribution in [3.63, 3.8) is 0 Å². The molecule has 0 aliphatic heterocycles. The first kappa shape index (κ1) is 25.8. The molecule has 4 heteroatoms. The van der Waals surface area contributed by atoms with Crippen LogP contribution in [0.2, 0.25) is 0 Å². The van der Waals surface area contributed by atoms with Gasteiger partial charge in [-0.25, -0.2) is 0 Å². The van der Waals surface area contributed by atoms with Crippen LogP contribution >= 0.6 is 0 Å². The van der Waals surface area contributed by atoms with Crippen LogP contribution in [-0.2, 0) is 0 Å². The van der Waals surface area contributed by atoms with Crippen molar-refractivity contribution in [2.24, 2.45) is 0 Å². The van der Waals surface area contributed by atoms with Gasteiger partial charge in [0.25, 0.3) is 0 Å². The number of nitrogens with zero attached hydrogens (tertiary/aromatic N) is 4. The molecule has 7 aromatic carbocycles. The second-order valence-electron chi connectivity index (χ2n) is 11.6. The van der Waals surface area contributed by atoms with Crippen LogP contribution in [0.15, 0.2) is 146 Å². The Morgan fingerprint density at radius 3 is 1.87 bits per heavy atom. The molecular formula is C42H24N4. The molecule has 0 saturated heterocycles. The van der Waals surface area contributed by atoms with Crippen molar-refractivity contribution in [3.8, 4) is 34.6 Å². The Hall–Kier alpha value is -6.62. The lowest BCUT2D eigenvalue weighted by Gasteiger charge is -2.12. The summed E-state index contributed by atoms with van der Waals surface area (Å²) in [5.74, 6) is 0. The Labute approximate surface area is 264 Å². The Bertz CT molecular complexity index is 2750. The molecule has 0 fully saturated rings. The van der Waals surface area contributed by atoms with Gasteiger partial charge < -0.3 is 9.13 Å². The summed E-state index contributed by atoms with van der Waals surface area (Å²) in [6.45, 7) is 0. The molecule has 0 aliphatic rings. The molecular weight excluding hydrogens is 560 g/mol. The molecule has 9 rings (SSSR count). The lowest BCUT2D eigenvalue weighted by molar-refractivity contribution is 1.18. The standard InChI is InChI=1S/C42H24N4/c43-25-30-12-7-13-31(26-44)40(30)29-11-8-14-32(24-29)45-38-18-6-4-16-36(38)41-39(45)22-21-35-34-15-3-5-17-37(34)46(42(35)41)33-20-19-27-9-1-2-10-28(27)23-33/h1-24H. The molecule has 2 heterocycles. The zero-order chi connectivity index (χ0) is 30.8. The van der Waals surface area contributed by atoms with E-state index in [0.717, 1.165) is 38.9 Å². The van der Waals surface area contributed by atoms with E-state index in [2.05, 4.69) is 137 Å². The van der Waals surface area contributed by atoms with Gasteiger partial charge in [0.15, 0.2) is 0 Å². The van der Waals surface area contributed by atoms with Gasteiger partial charge in [-0.05, 0) is 70.9 Å². The largest absolute Gasteiger partial charge is 0.309 e. The molecule has 0 bridgehead atoms. The Balaban J connectivity index is 1.40. The maximum Gasteiger partial charge on any atom is 0.0998 e. The van der Waals surface area contributed by atoms with E-state index in [-0.39, 0.29) is 0 Å². The van der Waals surface area contributed by atoms with Crippen molar-refractivity contribution in [1.82, 2.24) is 9.13 Å². The van der Waals surface area contributed by atoms with Crippen LogP contribution in [0, 0.1) is 22.7 Å². The van der Waals surface area contributed by atoms with E-state index in [0.29, 0.717) is 16.7 Å². The molecule has 0 aliphatic carbocycles. The van der Waals surface area contributed by atoms with Gasteiger partial charge in [0.05, 0.1) is 45.3 Å². The smallest absolute Gasteiger partial charge is 0.0998 e. The number of fused-ring (bicyclic) bond motifs is 8. The number of aromatic nitrogens is 2. The summed E-state index contributed by atoms with van der Waals surface area (Å²) in [5.41, 5.74) is 9.06. The summed E-state index contributed by atoms with van der Waals surface area (Å²) in [7, 11) is 0. The van der Waals surface area contributed by atoms with E-state index in [9.17, 15) is 10.5 Å². The summed E-state index contributed by atoms with van der Waals surface area (Å²) in [6, 6.07) is 54.9. The number of rotatable bonds is 3. The predicted octanol–water partition coefficient (Wildman–Crippen LogP) is 10.4. The fourth-order valence-corrected chi connectivity index (χ4v) is 7.22. The normalized spacial score (nSPS) is 11.4. The quantitative estimate of drug-likeness (QED) is 0.207. The van der Waals surface area contributed by atoms with Crippen LogP contribution in [0.1, 0.15) is 11.1 Å². The lowest BCUT2D eigenvalue weighted by Crippen LogP contribution is -1.96. The van der Waals surface area contributed by atoms with Gasteiger partial charge in [0.1, 0.15) is 0 Å². The van der Waals surface area contributed by atoms with Gasteiger partial charge in [-0.2, -0.15) is 10.5 Å². The van der Waals surface area contributed by atoms with Gasteiger partial charge in [-0.3, -0.25) is 0 Å². The van der Waals surface area contributed by atoms with Crippen molar-refractivity contribution in [1.29, 1.82) is 10.5 Å². The third-order valence-corrected chi connectivity index (χ3v) is 9.16. The number of benzene rings is 7. The minimum absolute atomic E-state index is 0.486. The zero-order valence-corrected chi connectivity index (χ0v) is 24.6. The molecule has 0 N–H and O–H groups in total. The number of nitriles is 2. The zero-order valence-electron chi connectivity index (χ0n) is 24.6. The highest BCUT2D eigenvalue weighted by molar-refractivity contribution is 6.26. The summed E-state index contributed by atoms with van der Waals surface area (Å²) in [5, 5.41) is 27.0. The third-order valence-electron chi connectivity index (χ3n) is 9.16. The highest BCUT2D eigenvalue weighted by Gasteiger charge is 2.21. The molecule has 0 spiro atoms. The Kier molecular flexibility index (Phi) is 5.59. The van der Waals surface area contributed by atoms with Crippen LogP contribution in [0.5, 0.6) is 0 Å². The summed E-state index contributed by atoms with van der Waals surface area (Å²) >= 11 is 0. The molecule has 4 nitrogen and oxygen atoms in total. The highest BCUT2D eigenvalue weighted by atomic mass is 15.0. The van der Waals surface area contributed by atoms with Crippen LogP contribution in [0.4, 0.5) is 0 Å². The van der Waals surface area contributed by atoms with E-state index >= 15 is 0 Å². The topological polar surface area (TPSA) is 57.4 Å². The molecule has 9 aromatic rings. The molecule has 0 radical (unpaired) electrons. The molecule has 212 valence electrons. The van der Waals surface area contributed by atoms with E-state index in [1.54, 1.807) is 18.2 Å². The first-order valence-corrected chi connectivity index (χ1v) is 15.2. The number of para-hydroxylation sites is 2. The van der Waals surface area contributed by atoms with E-state index in [1.165, 1.54) is 32.4 Å². The maximum atomic E-state index is 9.91. The second kappa shape index (κ2) is 9.96. The third kappa shape index (κ3) is 3.65. The summed E-state index contributed by atoms with van der Waals surface area (Å²) in [6.07, 6.45) is 0. The average molecular weight is 585 g/mol. The second-order valence-corrected chi connectivity index (χ2v) is 11.6. The van der Waals surface area contributed by atoms with Gasteiger partial charge in [0.2, 0.25) is 0 Å². The first-order chi connectivity index (χ1) is 22.7. The van der Waals surface area contributed by atoms with E-state index in [4.69, 9.17) is 0 Å². The molecule has 0 atom stereocenters. The van der Waals surface area contributed by atoms with Crippen LogP contribution in [-0.4, -0.2) is 9.13 Å². The molecule has 0 unspecified atom stereocenters. The average Bonchev–Trinajstić information content (AvgIpc) is 3.64. The molecule has 0 amide bonds. The minimum atomic E-state index is 0.486. The van der Waals surface area contributed by atoms with Crippen LogP contribution in [0.25, 0.3) is 76.9 Å². The van der Waals surface area contributed by atoms with Crippen molar-refractivity contribution >= 4 is 54.4 Å². The summed E-state index contributed by atoms with van der Waals surface area (Å²) in [4.78, 5) is 0. The van der Waals surface area contributed by atoms with Gasteiger partial charge in [-0.1, -0.05) is 91.0 Å². The first-order valence-electron chi connectivity index (χ1n) is 15.2. The fourth-order valence-electron chi connectivity index (χ4n) is 7.22. The minimum Gasteiger partial charge on any atom is -0.309 e. The maximum absolute atomic E-state index is 9.91. The fraction of sp³-hybridized carbons (Fsp3) is 0. The van der Waals surface area contributed by atoms with Crippen molar-refractivity contribution in [2.75, 3.05) is 0 Å². The van der Waals surface area contributed by atoms with E-state index < -0.39 is 0 Å². The van der Waals surface area contributed by atoms with Gasteiger partial charge in [0, 0.05) is 38.5 Å².